The largest absolute Gasteiger partial charge is 0.334 e. The second-order valence-corrected chi connectivity index (χ2v) is 2.23. The highest BCUT2D eigenvalue weighted by Gasteiger charge is 2.03. The smallest absolute Gasteiger partial charge is 0.321 e. The molecule has 5 heteroatoms. The Hall–Kier alpha value is -1.03. The van der Waals surface area contributed by atoms with E-state index in [-0.39, 0.29) is 5.88 Å². The van der Waals surface area contributed by atoms with Gasteiger partial charge in [0.05, 0.1) is 0 Å². The second-order valence-electron chi connectivity index (χ2n) is 1.96. The highest BCUT2D eigenvalue weighted by molar-refractivity contribution is 6.28. The number of imide groups is 1. The molecule has 0 fully saturated rings. The number of hydrogen-bond acceptors (Lipinski definition) is 2. The molecule has 0 unspecified atom stereocenters. The van der Waals surface area contributed by atoms with Crippen LogP contribution >= 0.6 is 11.6 Å². The Bertz CT molecular complexity index is 192. The molecule has 0 aromatic heterocycles. The quantitative estimate of drug-likeness (QED) is 0.507. The van der Waals surface area contributed by atoms with E-state index in [0.717, 1.165) is 0 Å². The van der Waals surface area contributed by atoms with E-state index in [1.807, 2.05) is 12.2 Å². The molecular weight excluding hydrogens is 180 g/mol. The molecule has 4 nitrogen and oxygen atoms in total. The van der Waals surface area contributed by atoms with Crippen LogP contribution in [0.1, 0.15) is 6.92 Å². The lowest BCUT2D eigenvalue weighted by molar-refractivity contribution is -0.117. The SMILES string of the molecule is C/C=C/CNC(=O)NC(=O)CCl. The zero-order chi connectivity index (χ0) is 9.40. The van der Waals surface area contributed by atoms with Crippen LogP contribution in [0.2, 0.25) is 0 Å². The van der Waals surface area contributed by atoms with Crippen molar-refractivity contribution in [2.45, 2.75) is 6.92 Å². The zero-order valence-electron chi connectivity index (χ0n) is 6.76. The van der Waals surface area contributed by atoms with Crippen LogP contribution in [0.25, 0.3) is 0 Å². The van der Waals surface area contributed by atoms with E-state index in [4.69, 9.17) is 11.6 Å². The van der Waals surface area contributed by atoms with E-state index in [1.165, 1.54) is 0 Å². The number of rotatable bonds is 3. The minimum atomic E-state index is -0.529. The summed E-state index contributed by atoms with van der Waals surface area (Å²) in [7, 11) is 0. The summed E-state index contributed by atoms with van der Waals surface area (Å²) in [4.78, 5) is 21.3. The summed E-state index contributed by atoms with van der Waals surface area (Å²) in [6, 6.07) is -0.529. The predicted octanol–water partition coefficient (Wildman–Crippen LogP) is 0.627. The molecular formula is C7H11ClN2O2. The number of hydrogen-bond donors (Lipinski definition) is 2. The third-order valence-corrected chi connectivity index (χ3v) is 1.23. The van der Waals surface area contributed by atoms with Gasteiger partial charge in [-0.15, -0.1) is 11.6 Å². The van der Waals surface area contributed by atoms with Gasteiger partial charge < -0.3 is 5.32 Å². The molecule has 3 amide bonds. The molecule has 0 saturated heterocycles. The van der Waals surface area contributed by atoms with Crippen LogP contribution in [-0.2, 0) is 4.79 Å². The van der Waals surface area contributed by atoms with Crippen molar-refractivity contribution in [3.8, 4) is 0 Å². The molecule has 68 valence electrons. The normalized spacial score (nSPS) is 9.83. The van der Waals surface area contributed by atoms with E-state index in [0.29, 0.717) is 6.54 Å². The average Bonchev–Trinajstić information content (AvgIpc) is 2.05. The average molecular weight is 191 g/mol. The summed E-state index contributed by atoms with van der Waals surface area (Å²) >= 11 is 5.15. The van der Waals surface area contributed by atoms with Gasteiger partial charge in [0.25, 0.3) is 0 Å². The van der Waals surface area contributed by atoms with Gasteiger partial charge >= 0.3 is 6.03 Å². The topological polar surface area (TPSA) is 58.2 Å². The molecule has 0 bridgehead atoms. The Morgan fingerprint density at radius 1 is 1.50 bits per heavy atom. The summed E-state index contributed by atoms with van der Waals surface area (Å²) in [5, 5.41) is 4.47. The van der Waals surface area contributed by atoms with Crippen molar-refractivity contribution in [1.29, 1.82) is 0 Å². The van der Waals surface area contributed by atoms with Crippen LogP contribution in [0.15, 0.2) is 12.2 Å². The first-order valence-corrected chi connectivity index (χ1v) is 3.99. The number of amides is 3. The summed E-state index contributed by atoms with van der Waals surface area (Å²) in [5.74, 6) is -0.716. The lowest BCUT2D eigenvalue weighted by Gasteiger charge is -2.01. The van der Waals surface area contributed by atoms with Crippen molar-refractivity contribution in [2.24, 2.45) is 0 Å². The van der Waals surface area contributed by atoms with Gasteiger partial charge in [0.2, 0.25) is 5.91 Å². The van der Waals surface area contributed by atoms with Crippen molar-refractivity contribution in [3.63, 3.8) is 0 Å². The van der Waals surface area contributed by atoms with E-state index in [2.05, 4.69) is 5.32 Å². The number of carbonyl (C=O) groups excluding carboxylic acids is 2. The number of halogens is 1. The maximum Gasteiger partial charge on any atom is 0.321 e. The minimum Gasteiger partial charge on any atom is -0.334 e. The fourth-order valence-electron chi connectivity index (χ4n) is 0.474. The molecule has 0 rings (SSSR count). The molecule has 0 aromatic carbocycles. The molecule has 0 aliphatic rings. The van der Waals surface area contributed by atoms with Crippen LogP contribution in [0.4, 0.5) is 4.79 Å². The van der Waals surface area contributed by atoms with Crippen molar-refractivity contribution < 1.29 is 9.59 Å². The van der Waals surface area contributed by atoms with Gasteiger partial charge in [0.15, 0.2) is 0 Å². The van der Waals surface area contributed by atoms with E-state index < -0.39 is 11.9 Å². The van der Waals surface area contributed by atoms with Crippen LogP contribution < -0.4 is 10.6 Å². The first-order chi connectivity index (χ1) is 5.70. The molecule has 0 radical (unpaired) electrons. The molecule has 0 aromatic rings. The summed E-state index contributed by atoms with van der Waals surface area (Å²) < 4.78 is 0. The molecule has 0 atom stereocenters. The first-order valence-electron chi connectivity index (χ1n) is 3.45. The summed E-state index contributed by atoms with van der Waals surface area (Å²) in [5.41, 5.74) is 0. The van der Waals surface area contributed by atoms with Gasteiger partial charge in [-0.05, 0) is 6.92 Å². The highest BCUT2D eigenvalue weighted by atomic mass is 35.5. The Morgan fingerprint density at radius 3 is 2.67 bits per heavy atom. The predicted molar refractivity (Wildman–Crippen MR) is 47.1 cm³/mol. The van der Waals surface area contributed by atoms with Crippen molar-refractivity contribution >= 4 is 23.5 Å². The molecule has 0 aliphatic carbocycles. The number of carbonyl (C=O) groups is 2. The number of nitrogens with one attached hydrogen (secondary N) is 2. The Balaban J connectivity index is 3.53. The fourth-order valence-corrected chi connectivity index (χ4v) is 0.541. The monoisotopic (exact) mass is 190 g/mol. The maximum atomic E-state index is 10.8. The van der Waals surface area contributed by atoms with Crippen molar-refractivity contribution in [3.05, 3.63) is 12.2 Å². The summed E-state index contributed by atoms with van der Waals surface area (Å²) in [6.45, 7) is 2.24. The fraction of sp³-hybridized carbons (Fsp3) is 0.429. The Morgan fingerprint density at radius 2 is 2.17 bits per heavy atom. The zero-order valence-corrected chi connectivity index (χ0v) is 7.52. The van der Waals surface area contributed by atoms with Gasteiger partial charge in [0.1, 0.15) is 5.88 Å². The molecule has 0 saturated carbocycles. The number of alkyl halides is 1. The lowest BCUT2D eigenvalue weighted by Crippen LogP contribution is -2.40. The molecule has 0 aliphatic heterocycles. The van der Waals surface area contributed by atoms with Crippen molar-refractivity contribution in [1.82, 2.24) is 10.6 Å². The highest BCUT2D eigenvalue weighted by Crippen LogP contribution is 1.74. The Labute approximate surface area is 76.0 Å². The number of urea groups is 1. The molecule has 2 N–H and O–H groups in total. The van der Waals surface area contributed by atoms with E-state index in [9.17, 15) is 9.59 Å². The van der Waals surface area contributed by atoms with Crippen LogP contribution in [0, 0.1) is 0 Å². The van der Waals surface area contributed by atoms with Gasteiger partial charge in [0, 0.05) is 6.54 Å². The van der Waals surface area contributed by atoms with Crippen LogP contribution in [-0.4, -0.2) is 24.4 Å². The summed E-state index contributed by atoms with van der Waals surface area (Å²) in [6.07, 6.45) is 3.55. The van der Waals surface area contributed by atoms with Gasteiger partial charge in [-0.2, -0.15) is 0 Å². The molecule has 0 heterocycles. The first kappa shape index (κ1) is 11.0. The standard InChI is InChI=1S/C7H11ClN2O2/c1-2-3-4-9-7(12)10-6(11)5-8/h2-3H,4-5H2,1H3,(H2,9,10,11,12)/b3-2+. The third kappa shape index (κ3) is 5.73. The minimum absolute atomic E-state index is 0.211. The maximum absolute atomic E-state index is 10.8. The van der Waals surface area contributed by atoms with E-state index >= 15 is 0 Å². The van der Waals surface area contributed by atoms with Gasteiger partial charge in [-0.25, -0.2) is 4.79 Å². The molecule has 0 spiro atoms. The molecule has 12 heavy (non-hydrogen) atoms. The Kier molecular flexibility index (Phi) is 6.09. The van der Waals surface area contributed by atoms with E-state index in [1.54, 1.807) is 12.2 Å². The lowest BCUT2D eigenvalue weighted by atomic mass is 10.5. The van der Waals surface area contributed by atoms with Crippen LogP contribution in [0.5, 0.6) is 0 Å². The van der Waals surface area contributed by atoms with Crippen molar-refractivity contribution in [2.75, 3.05) is 12.4 Å². The second kappa shape index (κ2) is 6.67. The van der Waals surface area contributed by atoms with Crippen LogP contribution in [0.3, 0.4) is 0 Å². The van der Waals surface area contributed by atoms with Gasteiger partial charge in [-0.1, -0.05) is 12.2 Å². The third-order valence-electron chi connectivity index (χ3n) is 0.990. The van der Waals surface area contributed by atoms with Gasteiger partial charge in [-0.3, -0.25) is 10.1 Å². The number of allylic oxidation sites excluding steroid dienone is 1.